The molecule has 0 fully saturated rings. The zero-order chi connectivity index (χ0) is 25.4. The number of thioether (sulfide) groups is 1. The van der Waals surface area contributed by atoms with Gasteiger partial charge in [0.1, 0.15) is 16.2 Å². The molecule has 4 aromatic rings. The standard InChI is InChI=1S/C24H20FN5O5S/c1-29-21-19(23(32)30(2)24(29)33)22(28-20(27-21)14-4-6-15(25)7-5-14)36-11-18(31)26-10-13-3-8-16-17(9-13)35-12-34-16/h3-9H,10-12H2,1-2H3,(H,26,31). The largest absolute Gasteiger partial charge is 0.454 e. The molecule has 0 saturated carbocycles. The fourth-order valence-electron chi connectivity index (χ4n) is 3.70. The first-order valence-corrected chi connectivity index (χ1v) is 11.8. The van der Waals surface area contributed by atoms with Gasteiger partial charge in [-0.2, -0.15) is 0 Å². The summed E-state index contributed by atoms with van der Waals surface area (Å²) in [7, 11) is 2.86. The van der Waals surface area contributed by atoms with Gasteiger partial charge in [0.05, 0.1) is 5.75 Å². The molecule has 0 bridgehead atoms. The molecular formula is C24H20FN5O5S. The van der Waals surface area contributed by atoms with Crippen LogP contribution in [0.3, 0.4) is 0 Å². The number of nitrogens with one attached hydrogen (secondary N) is 1. The molecule has 1 aliphatic rings. The van der Waals surface area contributed by atoms with Crippen LogP contribution < -0.4 is 26.0 Å². The normalized spacial score (nSPS) is 12.2. The molecule has 10 nitrogen and oxygen atoms in total. The molecule has 2 aromatic carbocycles. The number of fused-ring (bicyclic) bond motifs is 2. The van der Waals surface area contributed by atoms with Crippen molar-refractivity contribution in [3.05, 3.63) is 74.7 Å². The molecule has 0 saturated heterocycles. The monoisotopic (exact) mass is 509 g/mol. The molecule has 184 valence electrons. The van der Waals surface area contributed by atoms with E-state index in [1.165, 1.54) is 42.9 Å². The van der Waals surface area contributed by atoms with Crippen molar-refractivity contribution in [3.63, 3.8) is 0 Å². The van der Waals surface area contributed by atoms with Crippen LogP contribution >= 0.6 is 11.8 Å². The lowest BCUT2D eigenvalue weighted by Crippen LogP contribution is -2.37. The van der Waals surface area contributed by atoms with E-state index in [2.05, 4.69) is 15.3 Å². The fourth-order valence-corrected chi connectivity index (χ4v) is 4.54. The zero-order valence-electron chi connectivity index (χ0n) is 19.3. The second kappa shape index (κ2) is 9.46. The van der Waals surface area contributed by atoms with Crippen LogP contribution in [-0.2, 0) is 25.4 Å². The van der Waals surface area contributed by atoms with E-state index in [0.29, 0.717) is 17.1 Å². The molecule has 5 rings (SSSR count). The number of rotatable bonds is 6. The molecule has 12 heteroatoms. The van der Waals surface area contributed by atoms with Crippen molar-refractivity contribution in [1.29, 1.82) is 0 Å². The summed E-state index contributed by atoms with van der Waals surface area (Å²) >= 11 is 1.05. The fraction of sp³-hybridized carbons (Fsp3) is 0.208. The number of halogens is 1. The van der Waals surface area contributed by atoms with Gasteiger partial charge in [0.15, 0.2) is 23.0 Å². The molecular weight excluding hydrogens is 489 g/mol. The van der Waals surface area contributed by atoms with Crippen LogP contribution in [0.25, 0.3) is 22.4 Å². The van der Waals surface area contributed by atoms with Gasteiger partial charge < -0.3 is 14.8 Å². The van der Waals surface area contributed by atoms with Gasteiger partial charge in [0, 0.05) is 26.2 Å². The van der Waals surface area contributed by atoms with Gasteiger partial charge in [0.25, 0.3) is 5.56 Å². The van der Waals surface area contributed by atoms with Gasteiger partial charge in [-0.1, -0.05) is 17.8 Å². The average Bonchev–Trinajstić information content (AvgIpc) is 3.36. The Balaban J connectivity index is 1.43. The number of aromatic nitrogens is 4. The first-order chi connectivity index (χ1) is 17.3. The third-order valence-corrected chi connectivity index (χ3v) is 6.61. The molecule has 1 aliphatic heterocycles. The molecule has 0 spiro atoms. The van der Waals surface area contributed by atoms with Crippen LogP contribution in [-0.4, -0.2) is 37.6 Å². The number of nitrogens with zero attached hydrogens (tertiary/aromatic N) is 4. The molecule has 1 N–H and O–H groups in total. The molecule has 2 aromatic heterocycles. The van der Waals surface area contributed by atoms with Gasteiger partial charge in [-0.25, -0.2) is 19.2 Å². The number of carbonyl (C=O) groups excluding carboxylic acids is 1. The number of aryl methyl sites for hydroxylation is 1. The van der Waals surface area contributed by atoms with Crippen LogP contribution in [0.2, 0.25) is 0 Å². The highest BCUT2D eigenvalue weighted by Crippen LogP contribution is 2.32. The van der Waals surface area contributed by atoms with E-state index in [1.54, 1.807) is 12.1 Å². The highest BCUT2D eigenvalue weighted by molar-refractivity contribution is 8.00. The molecule has 0 radical (unpaired) electrons. The summed E-state index contributed by atoms with van der Waals surface area (Å²) in [6.45, 7) is 0.442. The van der Waals surface area contributed by atoms with Crippen LogP contribution in [0, 0.1) is 5.82 Å². The third kappa shape index (κ3) is 4.42. The third-order valence-electron chi connectivity index (χ3n) is 5.64. The Hall–Kier alpha value is -4.19. The molecule has 0 atom stereocenters. The first-order valence-electron chi connectivity index (χ1n) is 10.8. The highest BCUT2D eigenvalue weighted by atomic mass is 32.2. The maximum atomic E-state index is 13.4. The minimum absolute atomic E-state index is 0.0362. The summed E-state index contributed by atoms with van der Waals surface area (Å²) in [6.07, 6.45) is 0. The molecule has 0 aliphatic carbocycles. The quantitative estimate of drug-likeness (QED) is 0.310. The Bertz CT molecular complexity index is 1620. The Morgan fingerprint density at radius 1 is 1.06 bits per heavy atom. The summed E-state index contributed by atoms with van der Waals surface area (Å²) in [5.41, 5.74) is 0.351. The van der Waals surface area contributed by atoms with Crippen molar-refractivity contribution in [2.75, 3.05) is 12.5 Å². The maximum Gasteiger partial charge on any atom is 0.332 e. The highest BCUT2D eigenvalue weighted by Gasteiger charge is 2.19. The van der Waals surface area contributed by atoms with Crippen molar-refractivity contribution in [2.45, 2.75) is 11.6 Å². The number of hydrogen-bond acceptors (Lipinski definition) is 8. The summed E-state index contributed by atoms with van der Waals surface area (Å²) in [5.74, 6) is 0.742. The predicted molar refractivity (Wildman–Crippen MR) is 131 cm³/mol. The van der Waals surface area contributed by atoms with E-state index in [4.69, 9.17) is 9.47 Å². The molecule has 0 unspecified atom stereocenters. The van der Waals surface area contributed by atoms with E-state index < -0.39 is 17.1 Å². The van der Waals surface area contributed by atoms with Crippen molar-refractivity contribution >= 4 is 28.7 Å². The van der Waals surface area contributed by atoms with Gasteiger partial charge in [0.2, 0.25) is 12.7 Å². The lowest BCUT2D eigenvalue weighted by atomic mass is 10.2. The first kappa shape index (κ1) is 23.5. The Morgan fingerprint density at radius 2 is 1.81 bits per heavy atom. The lowest BCUT2D eigenvalue weighted by molar-refractivity contribution is -0.118. The van der Waals surface area contributed by atoms with Crippen LogP contribution in [0.15, 0.2) is 57.1 Å². The maximum absolute atomic E-state index is 13.4. The van der Waals surface area contributed by atoms with E-state index in [1.807, 2.05) is 6.07 Å². The zero-order valence-corrected chi connectivity index (χ0v) is 20.1. The molecule has 3 heterocycles. The average molecular weight is 510 g/mol. The Labute approximate surface area is 207 Å². The topological polar surface area (TPSA) is 117 Å². The molecule has 36 heavy (non-hydrogen) atoms. The van der Waals surface area contributed by atoms with Gasteiger partial charge >= 0.3 is 5.69 Å². The van der Waals surface area contributed by atoms with Gasteiger partial charge in [-0.3, -0.25) is 18.7 Å². The number of benzene rings is 2. The predicted octanol–water partition coefficient (Wildman–Crippen LogP) is 1.97. The van der Waals surface area contributed by atoms with E-state index in [9.17, 15) is 18.8 Å². The van der Waals surface area contributed by atoms with E-state index >= 15 is 0 Å². The smallest absolute Gasteiger partial charge is 0.332 e. The number of ether oxygens (including phenoxy) is 2. The summed E-state index contributed by atoms with van der Waals surface area (Å²) in [6, 6.07) is 10.9. The van der Waals surface area contributed by atoms with Gasteiger partial charge in [-0.05, 0) is 42.0 Å². The SMILES string of the molecule is Cn1c(=O)c2c(SCC(=O)NCc3ccc4c(c3)OCO4)nc(-c3ccc(F)cc3)nc2n(C)c1=O. The Morgan fingerprint density at radius 3 is 2.58 bits per heavy atom. The second-order valence-corrected chi connectivity index (χ2v) is 8.98. The van der Waals surface area contributed by atoms with E-state index in [0.717, 1.165) is 21.9 Å². The summed E-state index contributed by atoms with van der Waals surface area (Å²) in [4.78, 5) is 47.0. The number of hydrogen-bond donors (Lipinski definition) is 1. The minimum Gasteiger partial charge on any atom is -0.454 e. The summed E-state index contributed by atoms with van der Waals surface area (Å²) < 4.78 is 26.3. The molecule has 1 amide bonds. The lowest BCUT2D eigenvalue weighted by Gasteiger charge is -2.12. The minimum atomic E-state index is -0.568. The van der Waals surface area contributed by atoms with Crippen LogP contribution in [0.5, 0.6) is 11.5 Å². The van der Waals surface area contributed by atoms with E-state index in [-0.39, 0.29) is 46.9 Å². The Kier molecular flexibility index (Phi) is 6.18. The van der Waals surface area contributed by atoms with Crippen molar-refractivity contribution in [3.8, 4) is 22.9 Å². The van der Waals surface area contributed by atoms with Crippen LogP contribution in [0.1, 0.15) is 5.56 Å². The van der Waals surface area contributed by atoms with Gasteiger partial charge in [-0.15, -0.1) is 0 Å². The summed E-state index contributed by atoms with van der Waals surface area (Å²) in [5, 5.41) is 3.20. The van der Waals surface area contributed by atoms with Crippen molar-refractivity contribution < 1.29 is 18.7 Å². The van der Waals surface area contributed by atoms with Crippen molar-refractivity contribution in [2.24, 2.45) is 14.1 Å². The number of amides is 1. The van der Waals surface area contributed by atoms with Crippen LogP contribution in [0.4, 0.5) is 4.39 Å². The van der Waals surface area contributed by atoms with Crippen molar-refractivity contribution in [1.82, 2.24) is 24.4 Å². The second-order valence-electron chi connectivity index (χ2n) is 8.02. The number of carbonyl (C=O) groups is 1.